The predicted molar refractivity (Wildman–Crippen MR) is 101 cm³/mol. The van der Waals surface area contributed by atoms with E-state index >= 15 is 0 Å². The molecule has 5 nitrogen and oxygen atoms in total. The van der Waals surface area contributed by atoms with Crippen molar-refractivity contribution in [2.45, 2.75) is 19.9 Å². The van der Waals surface area contributed by atoms with Crippen LogP contribution < -0.4 is 10.1 Å². The molecule has 0 radical (unpaired) electrons. The van der Waals surface area contributed by atoms with Crippen LogP contribution >= 0.6 is 0 Å². The summed E-state index contributed by atoms with van der Waals surface area (Å²) >= 11 is 0. The lowest BCUT2D eigenvalue weighted by Crippen LogP contribution is -2.13. The minimum Gasteiger partial charge on any atom is -0.496 e. The predicted octanol–water partition coefficient (Wildman–Crippen LogP) is 4.11. The van der Waals surface area contributed by atoms with Gasteiger partial charge in [0.05, 0.1) is 18.1 Å². The van der Waals surface area contributed by atoms with Crippen molar-refractivity contribution in [3.63, 3.8) is 0 Å². The second-order valence-corrected chi connectivity index (χ2v) is 5.64. The number of amides is 1. The van der Waals surface area contributed by atoms with Crippen LogP contribution in [0.25, 0.3) is 17.1 Å². The van der Waals surface area contributed by atoms with Crippen molar-refractivity contribution >= 4 is 29.0 Å². The van der Waals surface area contributed by atoms with E-state index in [4.69, 9.17) is 4.74 Å². The lowest BCUT2D eigenvalue weighted by atomic mass is 10.2. The molecule has 1 amide bonds. The minimum absolute atomic E-state index is 0.224. The van der Waals surface area contributed by atoms with Gasteiger partial charge in [0.2, 0.25) is 5.95 Å². The number of carbonyl (C=O) groups excluding carboxylic acids is 1. The number of hydrogen-bond acceptors (Lipinski definition) is 3. The van der Waals surface area contributed by atoms with E-state index in [0.29, 0.717) is 5.95 Å². The number of ether oxygens (including phenoxy) is 1. The largest absolute Gasteiger partial charge is 0.496 e. The number of anilines is 1. The fourth-order valence-corrected chi connectivity index (χ4v) is 2.74. The zero-order valence-electron chi connectivity index (χ0n) is 14.4. The van der Waals surface area contributed by atoms with Crippen LogP contribution in [0.5, 0.6) is 5.75 Å². The maximum Gasteiger partial charge on any atom is 0.250 e. The first-order valence-electron chi connectivity index (χ1n) is 8.30. The molecule has 5 heteroatoms. The quantitative estimate of drug-likeness (QED) is 0.690. The summed E-state index contributed by atoms with van der Waals surface area (Å²) in [5.74, 6) is 1.07. The molecule has 0 fully saturated rings. The second kappa shape index (κ2) is 7.66. The first kappa shape index (κ1) is 16.8. The van der Waals surface area contributed by atoms with Gasteiger partial charge in [-0.05, 0) is 30.7 Å². The summed E-state index contributed by atoms with van der Waals surface area (Å²) in [6.45, 7) is 2.90. The maximum atomic E-state index is 12.3. The SMILES string of the molecule is CCCn1c(NC(=O)/C=C/c2ccccc2OC)nc2ccccc21. The van der Waals surface area contributed by atoms with Crippen molar-refractivity contribution in [3.8, 4) is 5.75 Å². The van der Waals surface area contributed by atoms with Gasteiger partial charge in [-0.3, -0.25) is 10.1 Å². The molecule has 1 heterocycles. The second-order valence-electron chi connectivity index (χ2n) is 5.64. The average Bonchev–Trinajstić information content (AvgIpc) is 2.98. The van der Waals surface area contributed by atoms with E-state index in [1.54, 1.807) is 13.2 Å². The average molecular weight is 335 g/mol. The van der Waals surface area contributed by atoms with Crippen LogP contribution in [0.15, 0.2) is 54.6 Å². The number of para-hydroxylation sites is 3. The Balaban J connectivity index is 1.82. The summed E-state index contributed by atoms with van der Waals surface area (Å²) in [4.78, 5) is 16.9. The number of imidazole rings is 1. The highest BCUT2D eigenvalue weighted by Crippen LogP contribution is 2.21. The van der Waals surface area contributed by atoms with Crippen molar-refractivity contribution in [1.82, 2.24) is 9.55 Å². The third-order valence-electron chi connectivity index (χ3n) is 3.89. The number of fused-ring (bicyclic) bond motifs is 1. The Morgan fingerprint density at radius 3 is 2.76 bits per heavy atom. The Morgan fingerprint density at radius 2 is 1.96 bits per heavy atom. The summed E-state index contributed by atoms with van der Waals surface area (Å²) in [5, 5.41) is 2.88. The van der Waals surface area contributed by atoms with E-state index in [2.05, 4.69) is 17.2 Å². The number of benzene rings is 2. The highest BCUT2D eigenvalue weighted by Gasteiger charge is 2.11. The van der Waals surface area contributed by atoms with E-state index < -0.39 is 0 Å². The molecule has 0 atom stereocenters. The van der Waals surface area contributed by atoms with Crippen LogP contribution in [-0.2, 0) is 11.3 Å². The van der Waals surface area contributed by atoms with Gasteiger partial charge in [0, 0.05) is 18.2 Å². The van der Waals surface area contributed by atoms with Crippen molar-refractivity contribution in [1.29, 1.82) is 0 Å². The Bertz CT molecular complexity index is 912. The molecule has 0 spiro atoms. The molecule has 0 unspecified atom stereocenters. The van der Waals surface area contributed by atoms with Gasteiger partial charge >= 0.3 is 0 Å². The molecule has 25 heavy (non-hydrogen) atoms. The van der Waals surface area contributed by atoms with E-state index in [1.165, 1.54) is 6.08 Å². The molecule has 3 rings (SSSR count). The fourth-order valence-electron chi connectivity index (χ4n) is 2.74. The van der Waals surface area contributed by atoms with E-state index in [9.17, 15) is 4.79 Å². The van der Waals surface area contributed by atoms with Crippen LogP contribution in [-0.4, -0.2) is 22.6 Å². The third-order valence-corrected chi connectivity index (χ3v) is 3.89. The van der Waals surface area contributed by atoms with E-state index in [-0.39, 0.29) is 5.91 Å². The van der Waals surface area contributed by atoms with Gasteiger partial charge in [0.15, 0.2) is 0 Å². The Kier molecular flexibility index (Phi) is 5.14. The number of rotatable bonds is 6. The number of hydrogen-bond donors (Lipinski definition) is 1. The topological polar surface area (TPSA) is 56.2 Å². The standard InChI is InChI=1S/C20H21N3O2/c1-3-14-23-17-10-6-5-9-16(17)21-20(23)22-19(24)13-12-15-8-4-7-11-18(15)25-2/h4-13H,3,14H2,1-2H3,(H,21,22,24)/b13-12+. The molecule has 128 valence electrons. The number of nitrogens with one attached hydrogen (secondary N) is 1. The van der Waals surface area contributed by atoms with Crippen molar-refractivity contribution in [2.75, 3.05) is 12.4 Å². The van der Waals surface area contributed by atoms with Crippen LogP contribution in [0, 0.1) is 0 Å². The van der Waals surface area contributed by atoms with Crippen molar-refractivity contribution in [2.24, 2.45) is 0 Å². The normalized spacial score (nSPS) is 11.1. The smallest absolute Gasteiger partial charge is 0.250 e. The highest BCUT2D eigenvalue weighted by atomic mass is 16.5. The van der Waals surface area contributed by atoms with Gasteiger partial charge in [-0.2, -0.15) is 0 Å². The first-order chi connectivity index (χ1) is 12.2. The molecular weight excluding hydrogens is 314 g/mol. The van der Waals surface area contributed by atoms with Gasteiger partial charge in [0.25, 0.3) is 5.91 Å². The number of aryl methyl sites for hydroxylation is 1. The third kappa shape index (κ3) is 3.71. The molecular formula is C20H21N3O2. The molecule has 0 aliphatic rings. The van der Waals surface area contributed by atoms with E-state index in [0.717, 1.165) is 35.3 Å². The van der Waals surface area contributed by atoms with Crippen LogP contribution in [0.4, 0.5) is 5.95 Å². The number of methoxy groups -OCH3 is 1. The molecule has 2 aromatic carbocycles. The molecule has 3 aromatic rings. The Hall–Kier alpha value is -3.08. The fraction of sp³-hybridized carbons (Fsp3) is 0.200. The summed E-state index contributed by atoms with van der Waals surface area (Å²) in [6, 6.07) is 15.4. The van der Waals surface area contributed by atoms with Crippen LogP contribution in [0.1, 0.15) is 18.9 Å². The molecule has 0 aliphatic carbocycles. The lowest BCUT2D eigenvalue weighted by Gasteiger charge is -2.07. The van der Waals surface area contributed by atoms with Crippen LogP contribution in [0.3, 0.4) is 0 Å². The minimum atomic E-state index is -0.224. The van der Waals surface area contributed by atoms with E-state index in [1.807, 2.05) is 53.1 Å². The van der Waals surface area contributed by atoms with Gasteiger partial charge in [-0.1, -0.05) is 37.3 Å². The first-order valence-corrected chi connectivity index (χ1v) is 8.30. The molecule has 1 aromatic heterocycles. The van der Waals surface area contributed by atoms with Crippen molar-refractivity contribution < 1.29 is 9.53 Å². The highest BCUT2D eigenvalue weighted by molar-refractivity contribution is 6.02. The zero-order chi connectivity index (χ0) is 17.6. The number of nitrogens with zero attached hydrogens (tertiary/aromatic N) is 2. The Labute approximate surface area is 146 Å². The molecule has 0 saturated heterocycles. The number of carbonyl (C=O) groups is 1. The Morgan fingerprint density at radius 1 is 1.20 bits per heavy atom. The lowest BCUT2D eigenvalue weighted by molar-refractivity contribution is -0.111. The van der Waals surface area contributed by atoms with Crippen LogP contribution in [0.2, 0.25) is 0 Å². The summed E-state index contributed by atoms with van der Waals surface area (Å²) in [7, 11) is 1.61. The van der Waals surface area contributed by atoms with Gasteiger partial charge < -0.3 is 9.30 Å². The van der Waals surface area contributed by atoms with Crippen molar-refractivity contribution in [3.05, 3.63) is 60.2 Å². The molecule has 0 aliphatic heterocycles. The summed E-state index contributed by atoms with van der Waals surface area (Å²) in [6.07, 6.45) is 4.19. The maximum absolute atomic E-state index is 12.3. The van der Waals surface area contributed by atoms with Gasteiger partial charge in [0.1, 0.15) is 5.75 Å². The molecule has 0 saturated carbocycles. The van der Waals surface area contributed by atoms with Gasteiger partial charge in [-0.15, -0.1) is 0 Å². The summed E-state index contributed by atoms with van der Waals surface area (Å²) in [5.41, 5.74) is 2.75. The molecule has 0 bridgehead atoms. The summed E-state index contributed by atoms with van der Waals surface area (Å²) < 4.78 is 7.32. The van der Waals surface area contributed by atoms with Gasteiger partial charge in [-0.25, -0.2) is 4.98 Å². The number of aromatic nitrogens is 2. The zero-order valence-corrected chi connectivity index (χ0v) is 14.4. The molecule has 1 N–H and O–H groups in total. The monoisotopic (exact) mass is 335 g/mol.